The van der Waals surface area contributed by atoms with Gasteiger partial charge in [-0.2, -0.15) is 0 Å². The van der Waals surface area contributed by atoms with Crippen LogP contribution in [0, 0.1) is 35.8 Å². The average Bonchev–Trinajstić information content (AvgIpc) is 2.21. The van der Waals surface area contributed by atoms with E-state index in [1.165, 1.54) is 6.07 Å². The number of benzene rings is 1. The van der Waals surface area contributed by atoms with Gasteiger partial charge in [0.25, 0.3) is 5.69 Å². The second-order valence-electron chi connectivity index (χ2n) is 3.45. The van der Waals surface area contributed by atoms with Crippen LogP contribution in [0.4, 0.5) is 5.69 Å². The lowest BCUT2D eigenvalue weighted by Crippen LogP contribution is -1.94. The van der Waals surface area contributed by atoms with E-state index >= 15 is 0 Å². The zero-order valence-corrected chi connectivity index (χ0v) is 9.97. The van der Waals surface area contributed by atoms with Crippen LogP contribution in [-0.2, 0) is 0 Å². The van der Waals surface area contributed by atoms with Crippen LogP contribution in [-0.4, -0.2) is 10.8 Å². The highest BCUT2D eigenvalue weighted by Crippen LogP contribution is 2.21. The van der Waals surface area contributed by atoms with Crippen LogP contribution >= 0.6 is 11.6 Å². The lowest BCUT2D eigenvalue weighted by Gasteiger charge is -2.01. The Morgan fingerprint density at radius 1 is 1.38 bits per heavy atom. The zero-order chi connectivity index (χ0) is 12.1. The molecular formula is C12H12ClNO2. The topological polar surface area (TPSA) is 43.1 Å². The molecule has 0 aliphatic carbocycles. The molecule has 1 rings (SSSR count). The van der Waals surface area contributed by atoms with E-state index in [-0.39, 0.29) is 10.6 Å². The SMILES string of the molecule is Cc1cc(C)c([N+](=O)[O-])cc1C#CCCCl. The molecule has 0 unspecified atom stereocenters. The third kappa shape index (κ3) is 2.98. The van der Waals surface area contributed by atoms with E-state index in [1.807, 2.05) is 6.92 Å². The van der Waals surface area contributed by atoms with Crippen molar-refractivity contribution in [3.63, 3.8) is 0 Å². The largest absolute Gasteiger partial charge is 0.273 e. The molecule has 16 heavy (non-hydrogen) atoms. The van der Waals surface area contributed by atoms with Gasteiger partial charge in [0.2, 0.25) is 0 Å². The summed E-state index contributed by atoms with van der Waals surface area (Å²) in [7, 11) is 0. The second kappa shape index (κ2) is 5.53. The molecule has 1 aromatic rings. The first-order valence-corrected chi connectivity index (χ1v) is 5.40. The minimum atomic E-state index is -0.387. The number of aryl methyl sites for hydroxylation is 2. The Balaban J connectivity index is 3.16. The number of halogens is 1. The van der Waals surface area contributed by atoms with E-state index in [9.17, 15) is 10.1 Å². The lowest BCUT2D eigenvalue weighted by molar-refractivity contribution is -0.385. The predicted octanol–water partition coefficient (Wildman–Crippen LogP) is 3.19. The average molecular weight is 238 g/mol. The Labute approximate surface area is 99.6 Å². The molecule has 0 amide bonds. The Morgan fingerprint density at radius 2 is 2.06 bits per heavy atom. The van der Waals surface area contributed by atoms with E-state index < -0.39 is 0 Å². The number of nitro groups is 1. The molecule has 0 N–H and O–H groups in total. The maximum absolute atomic E-state index is 10.8. The van der Waals surface area contributed by atoms with Crippen molar-refractivity contribution >= 4 is 17.3 Å². The molecule has 84 valence electrons. The van der Waals surface area contributed by atoms with Gasteiger partial charge in [0.1, 0.15) is 0 Å². The number of nitrogens with zero attached hydrogens (tertiary/aromatic N) is 1. The molecule has 3 nitrogen and oxygen atoms in total. The molecule has 0 saturated heterocycles. The van der Waals surface area contributed by atoms with Crippen LogP contribution < -0.4 is 0 Å². The van der Waals surface area contributed by atoms with Gasteiger partial charge in [0.05, 0.1) is 4.92 Å². The van der Waals surface area contributed by atoms with Gasteiger partial charge >= 0.3 is 0 Å². The van der Waals surface area contributed by atoms with Gasteiger partial charge in [-0.05, 0) is 25.5 Å². The first-order valence-electron chi connectivity index (χ1n) is 4.86. The molecule has 0 radical (unpaired) electrons. The highest BCUT2D eigenvalue weighted by molar-refractivity contribution is 6.18. The third-order valence-corrected chi connectivity index (χ3v) is 2.37. The van der Waals surface area contributed by atoms with Gasteiger partial charge in [-0.15, -0.1) is 11.6 Å². The van der Waals surface area contributed by atoms with E-state index in [1.54, 1.807) is 13.0 Å². The van der Waals surface area contributed by atoms with Crippen molar-refractivity contribution in [2.24, 2.45) is 0 Å². The van der Waals surface area contributed by atoms with Crippen molar-refractivity contribution < 1.29 is 4.92 Å². The van der Waals surface area contributed by atoms with Crippen molar-refractivity contribution in [3.8, 4) is 11.8 Å². The van der Waals surface area contributed by atoms with Gasteiger partial charge in [-0.25, -0.2) is 0 Å². The molecule has 0 aliphatic rings. The summed E-state index contributed by atoms with van der Waals surface area (Å²) in [5, 5.41) is 10.8. The first-order chi connectivity index (χ1) is 7.56. The predicted molar refractivity (Wildman–Crippen MR) is 64.8 cm³/mol. The highest BCUT2D eigenvalue weighted by Gasteiger charge is 2.12. The lowest BCUT2D eigenvalue weighted by atomic mass is 10.0. The smallest absolute Gasteiger partial charge is 0.258 e. The summed E-state index contributed by atoms with van der Waals surface area (Å²) in [6.45, 7) is 3.61. The molecule has 1 aromatic carbocycles. The second-order valence-corrected chi connectivity index (χ2v) is 3.83. The van der Waals surface area contributed by atoms with E-state index in [2.05, 4.69) is 11.8 Å². The van der Waals surface area contributed by atoms with E-state index in [0.29, 0.717) is 23.4 Å². The van der Waals surface area contributed by atoms with Gasteiger partial charge in [0, 0.05) is 29.5 Å². The van der Waals surface area contributed by atoms with Gasteiger partial charge in [-0.1, -0.05) is 11.8 Å². The highest BCUT2D eigenvalue weighted by atomic mass is 35.5. The maximum Gasteiger partial charge on any atom is 0.273 e. The number of hydrogen-bond donors (Lipinski definition) is 0. The minimum Gasteiger partial charge on any atom is -0.258 e. The molecule has 0 aliphatic heterocycles. The van der Waals surface area contributed by atoms with Crippen LogP contribution in [0.15, 0.2) is 12.1 Å². The summed E-state index contributed by atoms with van der Waals surface area (Å²) in [6, 6.07) is 3.30. The van der Waals surface area contributed by atoms with Crippen LogP contribution in [0.25, 0.3) is 0 Å². The van der Waals surface area contributed by atoms with Crippen molar-refractivity contribution in [1.29, 1.82) is 0 Å². The standard InChI is InChI=1S/C12H12ClNO2/c1-9-7-10(2)12(14(15)16)8-11(9)5-3-4-6-13/h7-8H,4,6H2,1-2H3. The summed E-state index contributed by atoms with van der Waals surface area (Å²) < 4.78 is 0. The normalized spacial score (nSPS) is 9.44. The minimum absolute atomic E-state index is 0.112. The summed E-state index contributed by atoms with van der Waals surface area (Å²) in [4.78, 5) is 10.4. The fourth-order valence-corrected chi connectivity index (χ4v) is 1.47. The van der Waals surface area contributed by atoms with Crippen molar-refractivity contribution in [1.82, 2.24) is 0 Å². The Bertz CT molecular complexity index is 472. The summed E-state index contributed by atoms with van der Waals surface area (Å²) in [5.74, 6) is 6.24. The van der Waals surface area contributed by atoms with E-state index in [4.69, 9.17) is 11.6 Å². The molecule has 0 heterocycles. The van der Waals surface area contributed by atoms with Gasteiger partial charge < -0.3 is 0 Å². The molecule has 0 fully saturated rings. The maximum atomic E-state index is 10.8. The summed E-state index contributed by atoms with van der Waals surface area (Å²) >= 11 is 5.50. The van der Waals surface area contributed by atoms with Crippen molar-refractivity contribution in [2.45, 2.75) is 20.3 Å². The van der Waals surface area contributed by atoms with E-state index in [0.717, 1.165) is 5.56 Å². The molecule has 4 heteroatoms. The zero-order valence-electron chi connectivity index (χ0n) is 9.21. The Morgan fingerprint density at radius 3 is 2.62 bits per heavy atom. The molecule has 0 saturated carbocycles. The number of nitro benzene ring substituents is 1. The van der Waals surface area contributed by atoms with Crippen LogP contribution in [0.2, 0.25) is 0 Å². The Hall–Kier alpha value is -1.53. The number of hydrogen-bond acceptors (Lipinski definition) is 2. The molecule has 0 atom stereocenters. The third-order valence-electron chi connectivity index (χ3n) is 2.18. The summed E-state index contributed by atoms with van der Waals surface area (Å²) in [5.41, 5.74) is 2.42. The molecular weight excluding hydrogens is 226 g/mol. The quantitative estimate of drug-likeness (QED) is 0.343. The number of alkyl halides is 1. The summed E-state index contributed by atoms with van der Waals surface area (Å²) in [6.07, 6.45) is 0.586. The van der Waals surface area contributed by atoms with Crippen LogP contribution in [0.1, 0.15) is 23.1 Å². The van der Waals surface area contributed by atoms with Crippen LogP contribution in [0.5, 0.6) is 0 Å². The fraction of sp³-hybridized carbons (Fsp3) is 0.333. The monoisotopic (exact) mass is 237 g/mol. The Kier molecular flexibility index (Phi) is 4.33. The van der Waals surface area contributed by atoms with Crippen molar-refractivity contribution in [3.05, 3.63) is 38.9 Å². The molecule has 0 aromatic heterocycles. The number of rotatable bonds is 2. The van der Waals surface area contributed by atoms with Gasteiger partial charge in [0.15, 0.2) is 0 Å². The molecule has 0 bridgehead atoms. The van der Waals surface area contributed by atoms with Crippen molar-refractivity contribution in [2.75, 3.05) is 5.88 Å². The first kappa shape index (κ1) is 12.5. The molecule has 0 spiro atoms. The van der Waals surface area contributed by atoms with Gasteiger partial charge in [-0.3, -0.25) is 10.1 Å². The fourth-order valence-electron chi connectivity index (χ4n) is 1.38. The van der Waals surface area contributed by atoms with Crippen LogP contribution in [0.3, 0.4) is 0 Å².